The fourth-order valence-corrected chi connectivity index (χ4v) is 3.40. The first-order chi connectivity index (χ1) is 10.6. The van der Waals surface area contributed by atoms with Gasteiger partial charge in [-0.15, -0.1) is 11.3 Å². The Morgan fingerprint density at radius 3 is 2.91 bits per heavy atom. The number of nitrogens with zero attached hydrogens (tertiary/aromatic N) is 2. The first-order valence-corrected chi connectivity index (χ1v) is 7.83. The molecule has 0 aliphatic carbocycles. The van der Waals surface area contributed by atoms with Crippen molar-refractivity contribution in [1.29, 1.82) is 0 Å². The van der Waals surface area contributed by atoms with E-state index >= 15 is 0 Å². The topological polar surface area (TPSA) is 63.4 Å². The van der Waals surface area contributed by atoms with Gasteiger partial charge in [-0.05, 0) is 30.0 Å². The van der Waals surface area contributed by atoms with Crippen LogP contribution in [0, 0.1) is 10.1 Å². The molecule has 0 spiro atoms. The molecular formula is C15H11ClN2O3S. The normalized spacial score (nSPS) is 13.6. The Morgan fingerprint density at radius 1 is 1.36 bits per heavy atom. The molecule has 112 valence electrons. The van der Waals surface area contributed by atoms with Gasteiger partial charge in [0.05, 0.1) is 26.1 Å². The summed E-state index contributed by atoms with van der Waals surface area (Å²) in [7, 11) is 0. The van der Waals surface area contributed by atoms with E-state index in [-0.39, 0.29) is 22.2 Å². The summed E-state index contributed by atoms with van der Waals surface area (Å²) in [4.78, 5) is 25.7. The van der Waals surface area contributed by atoms with Crippen LogP contribution in [0.3, 0.4) is 0 Å². The van der Waals surface area contributed by atoms with Gasteiger partial charge in [-0.3, -0.25) is 14.9 Å². The molecule has 0 N–H and O–H groups in total. The molecule has 3 rings (SSSR count). The van der Waals surface area contributed by atoms with Gasteiger partial charge < -0.3 is 4.90 Å². The average molecular weight is 335 g/mol. The highest BCUT2D eigenvalue weighted by Crippen LogP contribution is 2.32. The standard InChI is InChI=1S/C15H11ClN2O3S/c16-12-9-10(18(20)21)4-5-11(12)15(19)17-7-2-1-3-14-13(17)6-8-22-14/h1,3-6,8-9H,2,7H2. The number of fused-ring (bicyclic) bond motifs is 1. The van der Waals surface area contributed by atoms with Gasteiger partial charge in [-0.2, -0.15) is 0 Å². The van der Waals surface area contributed by atoms with Crippen LogP contribution in [0.1, 0.15) is 21.7 Å². The quantitative estimate of drug-likeness (QED) is 0.605. The number of carbonyl (C=O) groups excluding carboxylic acids is 1. The van der Waals surface area contributed by atoms with Gasteiger partial charge in [-0.25, -0.2) is 0 Å². The molecule has 0 saturated heterocycles. The second kappa shape index (κ2) is 5.90. The Kier molecular flexibility index (Phi) is 3.96. The number of thiophene rings is 1. The van der Waals surface area contributed by atoms with Gasteiger partial charge in [0, 0.05) is 18.7 Å². The van der Waals surface area contributed by atoms with E-state index in [1.165, 1.54) is 18.2 Å². The van der Waals surface area contributed by atoms with E-state index in [4.69, 9.17) is 11.6 Å². The van der Waals surface area contributed by atoms with Crippen molar-refractivity contribution >= 4 is 46.3 Å². The lowest BCUT2D eigenvalue weighted by Gasteiger charge is -2.21. The molecule has 5 nitrogen and oxygen atoms in total. The molecule has 7 heteroatoms. The fourth-order valence-electron chi connectivity index (χ4n) is 2.32. The van der Waals surface area contributed by atoms with Crippen molar-refractivity contribution in [2.45, 2.75) is 6.42 Å². The summed E-state index contributed by atoms with van der Waals surface area (Å²) in [5.41, 5.74) is 0.986. The summed E-state index contributed by atoms with van der Waals surface area (Å²) in [5, 5.41) is 12.8. The lowest BCUT2D eigenvalue weighted by atomic mass is 10.1. The smallest absolute Gasteiger partial charge is 0.270 e. The van der Waals surface area contributed by atoms with Crippen molar-refractivity contribution in [3.8, 4) is 0 Å². The predicted molar refractivity (Wildman–Crippen MR) is 87.8 cm³/mol. The van der Waals surface area contributed by atoms with E-state index in [0.29, 0.717) is 6.54 Å². The van der Waals surface area contributed by atoms with Gasteiger partial charge in [0.25, 0.3) is 11.6 Å². The zero-order valence-corrected chi connectivity index (χ0v) is 12.9. The molecule has 1 aliphatic rings. The molecular weight excluding hydrogens is 324 g/mol. The molecule has 1 aromatic carbocycles. The fraction of sp³-hybridized carbons (Fsp3) is 0.133. The second-order valence-electron chi connectivity index (χ2n) is 4.74. The minimum Gasteiger partial charge on any atom is -0.307 e. The zero-order valence-electron chi connectivity index (χ0n) is 11.4. The molecule has 0 atom stereocenters. The Morgan fingerprint density at radius 2 is 2.18 bits per heavy atom. The molecule has 0 saturated carbocycles. The third-order valence-electron chi connectivity index (χ3n) is 3.39. The first-order valence-electron chi connectivity index (χ1n) is 6.58. The van der Waals surface area contributed by atoms with Crippen LogP contribution in [0.4, 0.5) is 11.4 Å². The molecule has 0 radical (unpaired) electrons. The molecule has 1 aromatic heterocycles. The summed E-state index contributed by atoms with van der Waals surface area (Å²) >= 11 is 7.63. The third kappa shape index (κ3) is 2.63. The van der Waals surface area contributed by atoms with E-state index in [0.717, 1.165) is 17.0 Å². The van der Waals surface area contributed by atoms with Crippen molar-refractivity contribution in [2.24, 2.45) is 0 Å². The van der Waals surface area contributed by atoms with Crippen LogP contribution in [0.5, 0.6) is 0 Å². The third-order valence-corrected chi connectivity index (χ3v) is 4.58. The first kappa shape index (κ1) is 14.7. The van der Waals surface area contributed by atoms with Crippen molar-refractivity contribution in [3.05, 3.63) is 61.3 Å². The number of non-ortho nitro benzene ring substituents is 1. The second-order valence-corrected chi connectivity index (χ2v) is 6.09. The number of halogens is 1. The van der Waals surface area contributed by atoms with Crippen molar-refractivity contribution in [2.75, 3.05) is 11.4 Å². The van der Waals surface area contributed by atoms with Crippen molar-refractivity contribution in [1.82, 2.24) is 0 Å². The summed E-state index contributed by atoms with van der Waals surface area (Å²) in [5.74, 6) is -0.247. The average Bonchev–Trinajstić information content (AvgIpc) is 2.86. The van der Waals surface area contributed by atoms with Gasteiger partial charge in [-0.1, -0.05) is 17.7 Å². The number of carbonyl (C=O) groups is 1. The lowest BCUT2D eigenvalue weighted by Crippen LogP contribution is -2.31. The molecule has 0 unspecified atom stereocenters. The minimum absolute atomic E-state index is 0.0909. The van der Waals surface area contributed by atoms with E-state index in [9.17, 15) is 14.9 Å². The van der Waals surface area contributed by atoms with E-state index in [1.54, 1.807) is 16.2 Å². The number of nitro benzene ring substituents is 1. The molecule has 0 fully saturated rings. The largest absolute Gasteiger partial charge is 0.307 e. The maximum Gasteiger partial charge on any atom is 0.270 e. The maximum absolute atomic E-state index is 12.8. The summed E-state index contributed by atoms with van der Waals surface area (Å²) in [6.45, 7) is 0.548. The molecule has 2 aromatic rings. The highest BCUT2D eigenvalue weighted by molar-refractivity contribution is 7.11. The predicted octanol–water partition coefficient (Wildman–Crippen LogP) is 4.37. The highest BCUT2D eigenvalue weighted by Gasteiger charge is 2.24. The number of benzene rings is 1. The van der Waals surface area contributed by atoms with Crippen molar-refractivity contribution in [3.63, 3.8) is 0 Å². The number of hydrogen-bond donors (Lipinski definition) is 0. The number of amides is 1. The molecule has 1 aliphatic heterocycles. The Labute approximate surface area is 135 Å². The van der Waals surface area contributed by atoms with E-state index < -0.39 is 4.92 Å². The van der Waals surface area contributed by atoms with Crippen LogP contribution in [-0.4, -0.2) is 17.4 Å². The van der Waals surface area contributed by atoms with Crippen LogP contribution in [0.25, 0.3) is 6.08 Å². The van der Waals surface area contributed by atoms with Gasteiger partial charge in [0.1, 0.15) is 0 Å². The summed E-state index contributed by atoms with van der Waals surface area (Å²) < 4.78 is 0. The van der Waals surface area contributed by atoms with Crippen LogP contribution in [0.2, 0.25) is 5.02 Å². The van der Waals surface area contributed by atoms with Crippen LogP contribution in [-0.2, 0) is 0 Å². The number of hydrogen-bond acceptors (Lipinski definition) is 4. The Balaban J connectivity index is 1.97. The van der Waals surface area contributed by atoms with Gasteiger partial charge in [0.2, 0.25) is 0 Å². The Hall–Kier alpha value is -2.18. The van der Waals surface area contributed by atoms with Crippen molar-refractivity contribution < 1.29 is 9.72 Å². The van der Waals surface area contributed by atoms with E-state index in [2.05, 4.69) is 0 Å². The van der Waals surface area contributed by atoms with Crippen LogP contribution >= 0.6 is 22.9 Å². The molecule has 22 heavy (non-hydrogen) atoms. The molecule has 1 amide bonds. The summed E-state index contributed by atoms with van der Waals surface area (Å²) in [6, 6.07) is 5.81. The van der Waals surface area contributed by atoms with Gasteiger partial charge >= 0.3 is 0 Å². The maximum atomic E-state index is 12.8. The summed E-state index contributed by atoms with van der Waals surface area (Å²) in [6.07, 6.45) is 4.78. The highest BCUT2D eigenvalue weighted by atomic mass is 35.5. The van der Waals surface area contributed by atoms with Crippen LogP contribution < -0.4 is 4.90 Å². The minimum atomic E-state index is -0.535. The number of nitro groups is 1. The Bertz CT molecular complexity index is 785. The lowest BCUT2D eigenvalue weighted by molar-refractivity contribution is -0.384. The molecule has 0 bridgehead atoms. The molecule has 2 heterocycles. The van der Waals surface area contributed by atoms with E-state index in [1.807, 2.05) is 23.6 Å². The SMILES string of the molecule is O=C(c1ccc([N+](=O)[O-])cc1Cl)N1CCC=Cc2sccc21. The number of rotatable bonds is 2. The van der Waals surface area contributed by atoms with Crippen LogP contribution in [0.15, 0.2) is 35.7 Å². The monoisotopic (exact) mass is 334 g/mol. The zero-order chi connectivity index (χ0) is 15.7. The van der Waals surface area contributed by atoms with Gasteiger partial charge in [0.15, 0.2) is 0 Å². The number of anilines is 1.